The predicted molar refractivity (Wildman–Crippen MR) is 528 cm³/mol. The van der Waals surface area contributed by atoms with Gasteiger partial charge in [0.2, 0.25) is 0 Å². The van der Waals surface area contributed by atoms with Gasteiger partial charge in [0.05, 0.1) is 22.8 Å². The standard InChI is InChI=1S/C20H19N2.C19H17N2.C18H15N2.C17H13N2.4C11H8N.4Ir/c1-15(2)13-18-9-6-10-20(22-18)17-11-12-19(21-14-17)16-7-4-3-5-8-16;1-14(2)17-9-6-10-19(21-17)16-11-12-18(20-13-16)15-7-4-3-5-8-15;1-2-16-9-6-10-18(20-16)15-11-12-17(19-13-15)14-7-4-3-5-8-14;1-13-6-5-9-17(19-13)15-10-11-16(18-12-15)14-7-3-2-4-8-14;4*1-2-6-10(7-3-1)11-8-4-5-9-12-11;;;;/h3-7,9-12,14-15H,13H2,1-2H3;3-7,9-14H,1-2H3;3-7,9-13H,2H2,1H3;2-7,9-12H,1H3;4*1-6,8-9H;;;;/q8*-1;;;;. The minimum atomic E-state index is 0. The molecule has 0 bridgehead atoms. The Hall–Kier alpha value is -13.8. The second kappa shape index (κ2) is 57.5. The van der Waals surface area contributed by atoms with E-state index in [0.29, 0.717) is 11.8 Å². The molecule has 134 heavy (non-hydrogen) atoms. The Kier molecular flexibility index (Phi) is 44.5. The summed E-state index contributed by atoms with van der Waals surface area (Å²) >= 11 is 0. The largest absolute Gasteiger partial charge is 0.305 e. The molecule has 12 aromatic heterocycles. The summed E-state index contributed by atoms with van der Waals surface area (Å²) in [5, 5.41) is 0. The second-order valence-electron chi connectivity index (χ2n) is 30.0. The third-order valence-electron chi connectivity index (χ3n) is 19.6. The molecule has 0 saturated carbocycles. The molecule has 20 aromatic rings. The number of hydrogen-bond donors (Lipinski definition) is 0. The molecular weight excluding hydrogens is 2350 g/mol. The quantitative estimate of drug-likeness (QED) is 0.0846. The second-order valence-corrected chi connectivity index (χ2v) is 30.0. The van der Waals surface area contributed by atoms with Crippen molar-refractivity contribution in [1.29, 1.82) is 0 Å². The van der Waals surface area contributed by atoms with E-state index in [2.05, 4.69) is 175 Å². The number of hydrogen-bond acceptors (Lipinski definition) is 12. The fourth-order valence-corrected chi connectivity index (χ4v) is 13.0. The van der Waals surface area contributed by atoms with Crippen molar-refractivity contribution in [2.75, 3.05) is 0 Å². The van der Waals surface area contributed by atoms with Crippen molar-refractivity contribution in [3.8, 4) is 135 Å². The van der Waals surface area contributed by atoms with Crippen molar-refractivity contribution < 1.29 is 80.4 Å². The Balaban J connectivity index is 0.000000173. The van der Waals surface area contributed by atoms with Crippen molar-refractivity contribution in [2.45, 2.75) is 60.3 Å². The molecule has 20 rings (SSSR count). The normalized spacial score (nSPS) is 9.97. The molecule has 0 aliphatic carbocycles. The fourth-order valence-electron chi connectivity index (χ4n) is 13.0. The van der Waals surface area contributed by atoms with Gasteiger partial charge in [-0.3, -0.25) is 19.9 Å². The number of rotatable bonds is 16. The van der Waals surface area contributed by atoms with Gasteiger partial charge in [0.25, 0.3) is 0 Å². The topological polar surface area (TPSA) is 155 Å². The molecule has 0 fully saturated rings. The van der Waals surface area contributed by atoms with Gasteiger partial charge < -0.3 is 39.9 Å². The number of pyridine rings is 12. The Morgan fingerprint density at radius 1 is 0.216 bits per heavy atom. The van der Waals surface area contributed by atoms with Gasteiger partial charge >= 0.3 is 0 Å². The van der Waals surface area contributed by atoms with Gasteiger partial charge in [0.15, 0.2) is 0 Å². The van der Waals surface area contributed by atoms with E-state index in [1.54, 1.807) is 24.8 Å². The molecule has 672 valence electrons. The SMILES string of the molecule is CC(C)Cc1cccc(-c2ccc(-c3[c-]cccc3)nc2)n1.CC(C)c1cccc(-c2ccc(-c3[c-]cccc3)nc2)n1.CCc1cccc(-c2ccc(-c3[c-]cccc3)nc2)n1.Cc1cccc(-c2ccc(-c3[c-]cccc3)nc2)n1.[Ir].[Ir].[Ir].[Ir].[c-]1ccccc1-c1ccccn1.[c-]1ccccc1-c1ccccn1.[c-]1ccccc1-c1ccccn1.[c-]1ccccc1-c1ccccn1. The third-order valence-corrected chi connectivity index (χ3v) is 19.6. The van der Waals surface area contributed by atoms with E-state index in [9.17, 15) is 0 Å². The van der Waals surface area contributed by atoms with Gasteiger partial charge in [0.1, 0.15) is 0 Å². The van der Waals surface area contributed by atoms with Gasteiger partial charge in [-0.2, -0.15) is 0 Å². The Morgan fingerprint density at radius 2 is 0.455 bits per heavy atom. The summed E-state index contributed by atoms with van der Waals surface area (Å²) in [5.74, 6) is 1.04. The first-order valence-corrected chi connectivity index (χ1v) is 43.1. The smallest absolute Gasteiger partial charge is 0.0720 e. The van der Waals surface area contributed by atoms with Crippen LogP contribution < -0.4 is 0 Å². The van der Waals surface area contributed by atoms with Crippen LogP contribution in [0.25, 0.3) is 135 Å². The summed E-state index contributed by atoms with van der Waals surface area (Å²) in [4.78, 5) is 53.5. The zero-order valence-corrected chi connectivity index (χ0v) is 84.4. The van der Waals surface area contributed by atoms with Crippen LogP contribution in [0.1, 0.15) is 63.3 Å². The van der Waals surface area contributed by atoms with Crippen LogP contribution in [0, 0.1) is 61.4 Å². The Labute approximate surface area is 843 Å². The molecule has 4 radical (unpaired) electrons. The van der Waals surface area contributed by atoms with Gasteiger partial charge in [-0.05, 0) is 150 Å². The zero-order valence-electron chi connectivity index (χ0n) is 74.8. The van der Waals surface area contributed by atoms with Crippen LogP contribution in [-0.4, -0.2) is 59.8 Å². The Bertz CT molecular complexity index is 6140. The van der Waals surface area contributed by atoms with Gasteiger partial charge in [-0.1, -0.05) is 156 Å². The third kappa shape index (κ3) is 33.5. The van der Waals surface area contributed by atoms with Gasteiger partial charge in [-0.15, -0.1) is 287 Å². The number of nitrogens with zero attached hydrogens (tertiary/aromatic N) is 12. The van der Waals surface area contributed by atoms with Crippen molar-refractivity contribution in [3.05, 3.63) is 509 Å². The van der Waals surface area contributed by atoms with Gasteiger partial charge in [0, 0.05) is 175 Å². The summed E-state index contributed by atoms with van der Waals surface area (Å²) in [5.41, 5.74) is 28.2. The van der Waals surface area contributed by atoms with Crippen LogP contribution in [0.2, 0.25) is 0 Å². The maximum Gasteiger partial charge on any atom is 0.0720 e. The molecule has 0 spiro atoms. The monoisotopic (exact) mass is 2450 g/mol. The summed E-state index contributed by atoms with van der Waals surface area (Å²) < 4.78 is 0. The maximum absolute atomic E-state index is 4.74. The van der Waals surface area contributed by atoms with Crippen molar-refractivity contribution >= 4 is 0 Å². The van der Waals surface area contributed by atoms with Crippen LogP contribution in [0.3, 0.4) is 0 Å². The molecule has 8 aromatic carbocycles. The molecular formula is C118H96Ir4N12-8. The molecule has 0 atom stereocenters. The van der Waals surface area contributed by atoms with Crippen LogP contribution in [0.5, 0.6) is 0 Å². The summed E-state index contributed by atoms with van der Waals surface area (Å²) in [6, 6.07) is 152. The molecule has 16 heteroatoms. The average molecular weight is 2450 g/mol. The molecule has 0 saturated heterocycles. The first-order valence-electron chi connectivity index (χ1n) is 43.1. The molecule has 0 unspecified atom stereocenters. The number of aryl methyl sites for hydroxylation is 2. The van der Waals surface area contributed by atoms with E-state index in [1.807, 2.05) is 377 Å². The van der Waals surface area contributed by atoms with E-state index in [1.165, 1.54) is 0 Å². The van der Waals surface area contributed by atoms with E-state index in [-0.39, 0.29) is 80.4 Å². The van der Waals surface area contributed by atoms with Crippen molar-refractivity contribution in [1.82, 2.24) is 59.8 Å². The fraction of sp³-hybridized carbons (Fsp3) is 0.0847. The van der Waals surface area contributed by atoms with Crippen LogP contribution >= 0.6 is 0 Å². The predicted octanol–water partition coefficient (Wildman–Crippen LogP) is 27.8. The molecule has 0 aliphatic rings. The first-order chi connectivity index (χ1) is 64.0. The molecule has 12 heterocycles. The van der Waals surface area contributed by atoms with Gasteiger partial charge in [-0.25, -0.2) is 0 Å². The molecule has 0 aliphatic heterocycles. The molecule has 12 nitrogen and oxygen atoms in total. The van der Waals surface area contributed by atoms with Crippen LogP contribution in [0.15, 0.2) is 438 Å². The van der Waals surface area contributed by atoms with E-state index < -0.39 is 0 Å². The summed E-state index contributed by atoms with van der Waals surface area (Å²) in [6.07, 6.45) is 16.6. The minimum absolute atomic E-state index is 0. The summed E-state index contributed by atoms with van der Waals surface area (Å²) in [7, 11) is 0. The van der Waals surface area contributed by atoms with Crippen molar-refractivity contribution in [2.24, 2.45) is 5.92 Å². The number of aromatic nitrogens is 12. The Morgan fingerprint density at radius 3 is 0.687 bits per heavy atom. The molecule has 0 N–H and O–H groups in total. The number of benzene rings is 8. The molecule has 0 amide bonds. The zero-order chi connectivity index (χ0) is 89.8. The van der Waals surface area contributed by atoms with Crippen LogP contribution in [-0.2, 0) is 93.3 Å². The van der Waals surface area contributed by atoms with Crippen LogP contribution in [0.4, 0.5) is 0 Å². The van der Waals surface area contributed by atoms with E-state index in [4.69, 9.17) is 9.97 Å². The van der Waals surface area contributed by atoms with Crippen molar-refractivity contribution in [3.63, 3.8) is 0 Å². The average Bonchev–Trinajstić information content (AvgIpc) is 0.849. The summed E-state index contributed by atoms with van der Waals surface area (Å²) in [6.45, 7) is 12.8. The first kappa shape index (κ1) is 104. The van der Waals surface area contributed by atoms with E-state index in [0.717, 1.165) is 171 Å². The van der Waals surface area contributed by atoms with E-state index >= 15 is 0 Å². The minimum Gasteiger partial charge on any atom is -0.305 e. The maximum atomic E-state index is 4.74.